The van der Waals surface area contributed by atoms with Crippen LogP contribution >= 0.6 is 0 Å². The fourth-order valence-electron chi connectivity index (χ4n) is 4.98. The molecule has 45 heavy (non-hydrogen) atoms. The molecule has 1 unspecified atom stereocenters. The molecule has 0 aliphatic carbocycles. The first-order chi connectivity index (χ1) is 21.7. The van der Waals surface area contributed by atoms with E-state index in [2.05, 4.69) is 15.5 Å². The first-order valence-electron chi connectivity index (χ1n) is 14.5. The highest BCUT2D eigenvalue weighted by Gasteiger charge is 2.17. The molecule has 0 bridgehead atoms. The number of hydroxylamine groups is 1. The van der Waals surface area contributed by atoms with Crippen molar-refractivity contribution in [3.05, 3.63) is 138 Å². The molecule has 1 N–H and O–H groups in total. The molecule has 1 atom stereocenters. The topological polar surface area (TPSA) is 97.3 Å². The fourth-order valence-corrected chi connectivity index (χ4v) is 4.98. The van der Waals surface area contributed by atoms with Crippen LogP contribution in [-0.4, -0.2) is 23.4 Å². The van der Waals surface area contributed by atoms with Crippen molar-refractivity contribution in [2.45, 2.75) is 33.7 Å². The zero-order valence-electron chi connectivity index (χ0n) is 25.5. The lowest BCUT2D eigenvalue weighted by atomic mass is 9.97. The smallest absolute Gasteiger partial charge is 0.331 e. The fraction of sp³-hybridized carbons (Fsp3) is 0.135. The van der Waals surface area contributed by atoms with Gasteiger partial charge in [-0.25, -0.2) is 4.79 Å². The lowest BCUT2D eigenvalue weighted by molar-refractivity contribution is -0.150. The Morgan fingerprint density at radius 1 is 0.667 bits per heavy atom. The molecule has 5 rings (SSSR count). The van der Waals surface area contributed by atoms with Crippen LogP contribution in [0.5, 0.6) is 0 Å². The van der Waals surface area contributed by atoms with Crippen LogP contribution in [-0.2, 0) is 19.3 Å². The highest BCUT2D eigenvalue weighted by atomic mass is 16.7. The summed E-state index contributed by atoms with van der Waals surface area (Å²) in [6.07, 6.45) is 0. The van der Waals surface area contributed by atoms with E-state index >= 15 is 0 Å². The van der Waals surface area contributed by atoms with Crippen LogP contribution in [0.3, 0.4) is 0 Å². The second-order valence-corrected chi connectivity index (χ2v) is 10.6. The van der Waals surface area contributed by atoms with Crippen molar-refractivity contribution in [1.29, 1.82) is 0 Å². The van der Waals surface area contributed by atoms with Crippen molar-refractivity contribution in [2.24, 2.45) is 5.16 Å². The first kappa shape index (κ1) is 30.8. The van der Waals surface area contributed by atoms with Gasteiger partial charge in [0.15, 0.2) is 5.78 Å². The molecule has 8 nitrogen and oxygen atoms in total. The van der Waals surface area contributed by atoms with Gasteiger partial charge in [-0.05, 0) is 84.3 Å². The highest BCUT2D eigenvalue weighted by molar-refractivity contribution is 6.16. The van der Waals surface area contributed by atoms with Gasteiger partial charge in [0.25, 0.3) is 0 Å². The van der Waals surface area contributed by atoms with Gasteiger partial charge >= 0.3 is 11.9 Å². The van der Waals surface area contributed by atoms with E-state index in [1.807, 2.05) is 122 Å². The molecule has 8 heteroatoms. The standard InChI is InChI=1S/C37H33N3O5/c1-24(38-44-26(3)41)28-12-18-32(19-13-28)40(33-20-14-29(15-21-33)25(2)39-45-27(4)42)34-22-16-31(17-23-34)37(43)36-11-7-9-30-8-5-6-10-35(30)36/h5-24,38H,1-4H3/b39-25+. The summed E-state index contributed by atoms with van der Waals surface area (Å²) in [5.74, 6) is -0.945. The third kappa shape index (κ3) is 7.31. The van der Waals surface area contributed by atoms with E-state index in [9.17, 15) is 14.4 Å². The lowest BCUT2D eigenvalue weighted by Gasteiger charge is -2.26. The Morgan fingerprint density at radius 3 is 1.82 bits per heavy atom. The van der Waals surface area contributed by atoms with E-state index in [4.69, 9.17) is 9.68 Å². The monoisotopic (exact) mass is 599 g/mol. The predicted molar refractivity (Wildman–Crippen MR) is 176 cm³/mol. The Bertz CT molecular complexity index is 1860. The molecule has 0 spiro atoms. The number of nitrogens with zero attached hydrogens (tertiary/aromatic N) is 2. The molecule has 0 saturated carbocycles. The molecule has 0 aliphatic heterocycles. The summed E-state index contributed by atoms with van der Waals surface area (Å²) >= 11 is 0. The Hall–Kier alpha value is -5.60. The number of hydrogen-bond acceptors (Lipinski definition) is 8. The quantitative estimate of drug-likeness (QED) is 0.0753. The third-order valence-electron chi connectivity index (χ3n) is 7.31. The molecule has 0 fully saturated rings. The SMILES string of the molecule is CC(=O)O/N=C(\C)c1ccc(N(c2ccc(C(=O)c3cccc4ccccc34)cc2)c2ccc(C(C)NOC(C)=O)cc2)cc1. The molecule has 5 aromatic rings. The zero-order valence-corrected chi connectivity index (χ0v) is 25.5. The van der Waals surface area contributed by atoms with Gasteiger partial charge in [0.1, 0.15) is 0 Å². The lowest BCUT2D eigenvalue weighted by Crippen LogP contribution is -2.21. The predicted octanol–water partition coefficient (Wildman–Crippen LogP) is 7.96. The Kier molecular flexibility index (Phi) is 9.46. The van der Waals surface area contributed by atoms with Crippen molar-refractivity contribution in [2.75, 3.05) is 4.90 Å². The number of anilines is 3. The third-order valence-corrected chi connectivity index (χ3v) is 7.31. The summed E-state index contributed by atoms with van der Waals surface area (Å²) in [5, 5.41) is 5.83. The first-order valence-corrected chi connectivity index (χ1v) is 14.5. The average Bonchev–Trinajstić information content (AvgIpc) is 3.06. The average molecular weight is 600 g/mol. The van der Waals surface area contributed by atoms with Gasteiger partial charge in [-0.15, -0.1) is 5.48 Å². The van der Waals surface area contributed by atoms with Gasteiger partial charge in [-0.3, -0.25) is 9.59 Å². The molecular weight excluding hydrogens is 566 g/mol. The van der Waals surface area contributed by atoms with Crippen molar-refractivity contribution < 1.29 is 24.1 Å². The summed E-state index contributed by atoms with van der Waals surface area (Å²) < 4.78 is 0. The van der Waals surface area contributed by atoms with E-state index in [1.54, 1.807) is 6.92 Å². The van der Waals surface area contributed by atoms with E-state index in [1.165, 1.54) is 13.8 Å². The molecule has 0 aliphatic rings. The van der Waals surface area contributed by atoms with Gasteiger partial charge in [0, 0.05) is 42.0 Å². The van der Waals surface area contributed by atoms with Gasteiger partial charge < -0.3 is 14.6 Å². The summed E-state index contributed by atoms with van der Waals surface area (Å²) in [7, 11) is 0. The minimum absolute atomic E-state index is 0.0459. The summed E-state index contributed by atoms with van der Waals surface area (Å²) in [6.45, 7) is 6.32. The maximum atomic E-state index is 13.6. The number of carbonyl (C=O) groups is 3. The van der Waals surface area contributed by atoms with E-state index in [0.29, 0.717) is 16.8 Å². The normalized spacial score (nSPS) is 12.0. The number of hydrogen-bond donors (Lipinski definition) is 1. The van der Waals surface area contributed by atoms with Crippen molar-refractivity contribution >= 4 is 51.3 Å². The second kappa shape index (κ2) is 13.8. The van der Waals surface area contributed by atoms with Crippen LogP contribution in [0, 0.1) is 0 Å². The Labute approximate surface area is 261 Å². The number of fused-ring (bicyclic) bond motifs is 1. The number of ketones is 1. The minimum Gasteiger partial charge on any atom is -0.370 e. The van der Waals surface area contributed by atoms with Gasteiger partial charge in [0.2, 0.25) is 0 Å². The molecule has 0 radical (unpaired) electrons. The van der Waals surface area contributed by atoms with Crippen LogP contribution in [0.25, 0.3) is 10.8 Å². The van der Waals surface area contributed by atoms with Crippen LogP contribution in [0.15, 0.2) is 120 Å². The van der Waals surface area contributed by atoms with Gasteiger partial charge in [0.05, 0.1) is 11.8 Å². The van der Waals surface area contributed by atoms with E-state index in [-0.39, 0.29) is 11.8 Å². The minimum atomic E-state index is -0.486. The Balaban J connectivity index is 1.48. The molecule has 0 saturated heterocycles. The van der Waals surface area contributed by atoms with Crippen LogP contribution in [0.4, 0.5) is 17.1 Å². The van der Waals surface area contributed by atoms with Crippen LogP contribution in [0.2, 0.25) is 0 Å². The Morgan fingerprint density at radius 2 is 1.22 bits per heavy atom. The van der Waals surface area contributed by atoms with Crippen molar-refractivity contribution in [3.63, 3.8) is 0 Å². The molecular formula is C37H33N3O5. The number of rotatable bonds is 10. The summed E-state index contributed by atoms with van der Waals surface area (Å²) in [5.41, 5.74) is 8.89. The van der Waals surface area contributed by atoms with E-state index < -0.39 is 11.9 Å². The zero-order chi connectivity index (χ0) is 31.9. The van der Waals surface area contributed by atoms with Gasteiger partial charge in [-0.2, -0.15) is 0 Å². The number of carbonyl (C=O) groups excluding carboxylic acids is 3. The number of nitrogens with one attached hydrogen (secondary N) is 1. The van der Waals surface area contributed by atoms with Crippen molar-refractivity contribution in [3.8, 4) is 0 Å². The molecule has 5 aromatic carbocycles. The molecule has 0 aromatic heterocycles. The maximum Gasteiger partial charge on any atom is 0.331 e. The van der Waals surface area contributed by atoms with E-state index in [0.717, 1.165) is 39.0 Å². The highest BCUT2D eigenvalue weighted by Crippen LogP contribution is 2.36. The molecule has 0 heterocycles. The number of oxime groups is 1. The maximum absolute atomic E-state index is 13.6. The summed E-state index contributed by atoms with van der Waals surface area (Å²) in [4.78, 5) is 47.8. The van der Waals surface area contributed by atoms with Crippen LogP contribution in [0.1, 0.15) is 60.8 Å². The molecule has 226 valence electrons. The van der Waals surface area contributed by atoms with Gasteiger partial charge in [-0.1, -0.05) is 71.9 Å². The van der Waals surface area contributed by atoms with Crippen molar-refractivity contribution in [1.82, 2.24) is 5.48 Å². The number of benzene rings is 5. The summed E-state index contributed by atoms with van der Waals surface area (Å²) in [6, 6.07) is 36.6. The van der Waals surface area contributed by atoms with Crippen LogP contribution < -0.4 is 10.4 Å². The second-order valence-electron chi connectivity index (χ2n) is 10.6. The molecule has 0 amide bonds. The largest absolute Gasteiger partial charge is 0.370 e.